The number of H-pyrrole nitrogens is 1. The van der Waals surface area contributed by atoms with Gasteiger partial charge in [-0.25, -0.2) is 27.5 Å². The minimum atomic E-state index is -4.48. The van der Waals surface area contributed by atoms with Gasteiger partial charge in [0.25, 0.3) is 0 Å². The fraction of sp³-hybridized carbons (Fsp3) is 0.423. The van der Waals surface area contributed by atoms with Crippen LogP contribution in [0.3, 0.4) is 0 Å². The molecule has 1 aliphatic rings. The van der Waals surface area contributed by atoms with Crippen LogP contribution in [0.2, 0.25) is 5.02 Å². The molecule has 11 nitrogen and oxygen atoms in total. The molecule has 3 aromatic rings. The molecule has 4 rings (SSSR count). The topological polar surface area (TPSA) is 144 Å². The number of halogens is 2. The van der Waals surface area contributed by atoms with Crippen LogP contribution in [-0.4, -0.2) is 43.5 Å². The fourth-order valence-corrected chi connectivity index (χ4v) is 6.15. The summed E-state index contributed by atoms with van der Waals surface area (Å²) in [6.07, 6.45) is -0.725. The third-order valence-electron chi connectivity index (χ3n) is 6.47. The number of fused-ring (bicyclic) bond motifs is 1. The summed E-state index contributed by atoms with van der Waals surface area (Å²) in [7, 11) is -4.48. The number of hydrogen-bond acceptors (Lipinski definition) is 8. The van der Waals surface area contributed by atoms with Crippen molar-refractivity contribution in [1.82, 2.24) is 14.9 Å². The highest BCUT2D eigenvalue weighted by Crippen LogP contribution is 2.44. The number of aromatic nitrogens is 2. The number of hydrogen-bond donors (Lipinski definition) is 2. The molecule has 0 aliphatic carbocycles. The third kappa shape index (κ3) is 5.86. The zero-order valence-corrected chi connectivity index (χ0v) is 24.4. The molecular formula is C26H30ClFN4O7S. The minimum Gasteiger partial charge on any atom is -0.488 e. The number of nitrogens with one attached hydrogen (secondary N) is 2. The quantitative estimate of drug-likeness (QED) is 0.416. The summed E-state index contributed by atoms with van der Waals surface area (Å²) >= 11 is 6.41. The van der Waals surface area contributed by atoms with Crippen molar-refractivity contribution in [2.24, 2.45) is 0 Å². The number of anilines is 1. The van der Waals surface area contributed by atoms with Gasteiger partial charge in [0.15, 0.2) is 5.75 Å². The number of aromatic amines is 1. The van der Waals surface area contributed by atoms with Crippen LogP contribution in [-0.2, 0) is 14.8 Å². The largest absolute Gasteiger partial charge is 0.488 e. The van der Waals surface area contributed by atoms with Gasteiger partial charge in [-0.2, -0.15) is 4.72 Å². The summed E-state index contributed by atoms with van der Waals surface area (Å²) in [5.41, 5.74) is 0.837. The lowest BCUT2D eigenvalue weighted by Crippen LogP contribution is -2.42. The number of benzene rings is 2. The van der Waals surface area contributed by atoms with E-state index in [0.29, 0.717) is 5.56 Å². The Morgan fingerprint density at radius 2 is 1.95 bits per heavy atom. The van der Waals surface area contributed by atoms with Crippen molar-refractivity contribution in [2.75, 3.05) is 18.1 Å². The standard InChI is InChI=1S/C26H30ClFN4O7S/c1-13-7-9-17(28)19(14(13)2)15(3)20(23-29-30-24(33)38-23)31-40(35,36)18-10-8-16(27)21-22(18)37-12-11-32(21)25(34)39-26(4,5)6/h7-10,15,20,31H,11-12H2,1-6H3,(H,30,33)/t15-,20+/m1/s1. The van der Waals surface area contributed by atoms with Crippen molar-refractivity contribution in [3.63, 3.8) is 0 Å². The first kappa shape index (κ1) is 29.6. The van der Waals surface area contributed by atoms with E-state index in [4.69, 9.17) is 25.5 Å². The molecule has 2 N–H and O–H groups in total. The highest BCUT2D eigenvalue weighted by atomic mass is 35.5. The molecule has 2 atom stereocenters. The first-order valence-corrected chi connectivity index (χ1v) is 14.3. The number of carbonyl (C=O) groups is 1. The number of nitrogens with zero attached hydrogens (tertiary/aromatic N) is 2. The van der Waals surface area contributed by atoms with Crippen LogP contribution in [0.1, 0.15) is 62.2 Å². The van der Waals surface area contributed by atoms with Crippen molar-refractivity contribution in [3.8, 4) is 5.75 Å². The summed E-state index contributed by atoms with van der Waals surface area (Å²) in [6, 6.07) is 4.13. The summed E-state index contributed by atoms with van der Waals surface area (Å²) in [5.74, 6) is -2.79. The maximum Gasteiger partial charge on any atom is 0.434 e. The molecule has 0 fully saturated rings. The lowest BCUT2D eigenvalue weighted by molar-refractivity contribution is 0.0567. The average Bonchev–Trinajstić information content (AvgIpc) is 3.29. The van der Waals surface area contributed by atoms with Gasteiger partial charge in [-0.3, -0.25) is 4.90 Å². The van der Waals surface area contributed by atoms with Crippen molar-refractivity contribution < 1.29 is 31.5 Å². The highest BCUT2D eigenvalue weighted by molar-refractivity contribution is 7.89. The van der Waals surface area contributed by atoms with E-state index in [2.05, 4.69) is 14.9 Å². The smallest absolute Gasteiger partial charge is 0.434 e. The Hall–Kier alpha value is -3.42. The van der Waals surface area contributed by atoms with E-state index in [0.717, 1.165) is 5.56 Å². The van der Waals surface area contributed by atoms with Gasteiger partial charge in [0.2, 0.25) is 15.9 Å². The highest BCUT2D eigenvalue weighted by Gasteiger charge is 2.38. The van der Waals surface area contributed by atoms with E-state index in [-0.39, 0.29) is 46.0 Å². The van der Waals surface area contributed by atoms with Gasteiger partial charge in [0, 0.05) is 5.92 Å². The number of sulfonamides is 1. The van der Waals surface area contributed by atoms with E-state index >= 15 is 4.39 Å². The van der Waals surface area contributed by atoms with Crippen LogP contribution in [0.15, 0.2) is 38.4 Å². The van der Waals surface area contributed by atoms with E-state index in [1.165, 1.54) is 23.1 Å². The van der Waals surface area contributed by atoms with Crippen molar-refractivity contribution in [3.05, 3.63) is 68.2 Å². The monoisotopic (exact) mass is 596 g/mol. The van der Waals surface area contributed by atoms with Crippen LogP contribution in [0, 0.1) is 19.7 Å². The molecule has 40 heavy (non-hydrogen) atoms. The van der Waals surface area contributed by atoms with Crippen LogP contribution in [0.4, 0.5) is 14.9 Å². The molecule has 0 saturated heterocycles. The fourth-order valence-electron chi connectivity index (χ4n) is 4.48. The van der Waals surface area contributed by atoms with E-state index in [9.17, 15) is 18.0 Å². The van der Waals surface area contributed by atoms with Crippen LogP contribution in [0.25, 0.3) is 0 Å². The van der Waals surface area contributed by atoms with E-state index in [1.807, 2.05) is 0 Å². The van der Waals surface area contributed by atoms with Crippen LogP contribution in [0.5, 0.6) is 5.75 Å². The molecule has 0 radical (unpaired) electrons. The lowest BCUT2D eigenvalue weighted by Gasteiger charge is -2.33. The summed E-state index contributed by atoms with van der Waals surface area (Å²) in [6.45, 7) is 10.2. The second kappa shape index (κ2) is 10.9. The Morgan fingerprint density at radius 3 is 2.58 bits per heavy atom. The SMILES string of the molecule is Cc1ccc(F)c([C@@H](C)[C@H](NS(=O)(=O)c2ccc(Cl)c3c2OCCN3C(=O)OC(C)(C)C)c2n[nH]c(=O)o2)c1C. The molecule has 2 aromatic carbocycles. The normalized spacial score (nSPS) is 15.2. The molecule has 1 amide bonds. The molecule has 0 saturated carbocycles. The van der Waals surface area contributed by atoms with Gasteiger partial charge in [-0.05, 0) is 69.5 Å². The molecule has 2 heterocycles. The van der Waals surface area contributed by atoms with Gasteiger partial charge < -0.3 is 13.9 Å². The Kier molecular flexibility index (Phi) is 8.03. The van der Waals surface area contributed by atoms with Gasteiger partial charge in [-0.1, -0.05) is 24.6 Å². The summed E-state index contributed by atoms with van der Waals surface area (Å²) < 4.78 is 61.6. The first-order chi connectivity index (χ1) is 18.6. The second-order valence-electron chi connectivity index (χ2n) is 10.4. The van der Waals surface area contributed by atoms with E-state index in [1.54, 1.807) is 47.6 Å². The lowest BCUT2D eigenvalue weighted by atomic mass is 9.88. The Balaban J connectivity index is 1.80. The maximum atomic E-state index is 15.0. The van der Waals surface area contributed by atoms with Crippen molar-refractivity contribution >= 4 is 33.4 Å². The summed E-state index contributed by atoms with van der Waals surface area (Å²) in [4.78, 5) is 25.6. The second-order valence-corrected chi connectivity index (χ2v) is 12.5. The molecule has 0 bridgehead atoms. The predicted octanol–water partition coefficient (Wildman–Crippen LogP) is 4.73. The van der Waals surface area contributed by atoms with Gasteiger partial charge in [0.05, 0.1) is 11.6 Å². The number of aryl methyl sites for hydroxylation is 1. The Morgan fingerprint density at radius 1 is 1.25 bits per heavy atom. The Bertz CT molecular complexity index is 1610. The van der Waals surface area contributed by atoms with Crippen molar-refractivity contribution in [1.29, 1.82) is 0 Å². The molecule has 1 aromatic heterocycles. The van der Waals surface area contributed by atoms with Gasteiger partial charge in [-0.15, -0.1) is 5.10 Å². The van der Waals surface area contributed by atoms with E-state index < -0.39 is 45.3 Å². The molecule has 0 unspecified atom stereocenters. The van der Waals surface area contributed by atoms with Gasteiger partial charge >= 0.3 is 11.8 Å². The zero-order valence-electron chi connectivity index (χ0n) is 22.8. The number of carbonyl (C=O) groups excluding carboxylic acids is 1. The van der Waals surface area contributed by atoms with Crippen LogP contribution >= 0.6 is 11.6 Å². The Labute approximate surface area is 235 Å². The van der Waals surface area contributed by atoms with Crippen LogP contribution < -0.4 is 20.1 Å². The molecule has 0 spiro atoms. The predicted molar refractivity (Wildman–Crippen MR) is 145 cm³/mol. The summed E-state index contributed by atoms with van der Waals surface area (Å²) in [5, 5.41) is 6.00. The minimum absolute atomic E-state index is 0.0292. The maximum absolute atomic E-state index is 15.0. The molecule has 1 aliphatic heterocycles. The van der Waals surface area contributed by atoms with Gasteiger partial charge in [0.1, 0.15) is 34.6 Å². The first-order valence-electron chi connectivity index (χ1n) is 12.4. The molecule has 216 valence electrons. The molecule has 14 heteroatoms. The molecular weight excluding hydrogens is 567 g/mol. The number of ether oxygens (including phenoxy) is 2. The number of rotatable bonds is 6. The average molecular weight is 597 g/mol. The zero-order chi connectivity index (χ0) is 29.6. The number of amides is 1. The third-order valence-corrected chi connectivity index (χ3v) is 8.24. The van der Waals surface area contributed by atoms with Crippen molar-refractivity contribution in [2.45, 2.75) is 64.0 Å².